The molecule has 0 radical (unpaired) electrons. The van der Waals surface area contributed by atoms with Crippen molar-refractivity contribution in [3.05, 3.63) is 76.0 Å². The highest BCUT2D eigenvalue weighted by molar-refractivity contribution is 6.07. The zero-order valence-electron chi connectivity index (χ0n) is 15.3. The maximum Gasteiger partial charge on any atom is 0.252 e. The smallest absolute Gasteiger partial charge is 0.252 e. The van der Waals surface area contributed by atoms with E-state index in [2.05, 4.69) is 47.6 Å². The summed E-state index contributed by atoms with van der Waals surface area (Å²) in [6, 6.07) is 14.4. The molecule has 0 atom stereocenters. The fourth-order valence-electron chi connectivity index (χ4n) is 3.17. The summed E-state index contributed by atoms with van der Waals surface area (Å²) in [5.74, 6) is -0.0346. The van der Waals surface area contributed by atoms with Crippen molar-refractivity contribution in [3.63, 3.8) is 0 Å². The first-order valence-corrected chi connectivity index (χ1v) is 8.66. The number of rotatable bonds is 4. The Morgan fingerprint density at radius 1 is 0.960 bits per heavy atom. The predicted molar refractivity (Wildman–Crippen MR) is 103 cm³/mol. The van der Waals surface area contributed by atoms with Crippen LogP contribution in [-0.2, 0) is 6.42 Å². The second kappa shape index (κ2) is 7.06. The van der Waals surface area contributed by atoms with Crippen molar-refractivity contribution in [2.75, 3.05) is 6.54 Å². The normalized spacial score (nSPS) is 10.9. The lowest BCUT2D eigenvalue weighted by molar-refractivity contribution is 0.0955. The van der Waals surface area contributed by atoms with Crippen molar-refractivity contribution in [2.45, 2.75) is 34.1 Å². The van der Waals surface area contributed by atoms with Crippen molar-refractivity contribution >= 4 is 16.8 Å². The van der Waals surface area contributed by atoms with Gasteiger partial charge in [-0.1, -0.05) is 41.5 Å². The topological polar surface area (TPSA) is 42.0 Å². The molecule has 2 aromatic carbocycles. The highest BCUT2D eigenvalue weighted by atomic mass is 16.1. The van der Waals surface area contributed by atoms with Gasteiger partial charge in [0.1, 0.15) is 0 Å². The third-order valence-corrected chi connectivity index (χ3v) is 4.44. The molecule has 0 aliphatic rings. The molecule has 3 aromatic rings. The SMILES string of the molecule is Cc1ccc(CCNC(=O)c2cc(C)nc3c(C)cc(C)cc23)cc1. The Bertz CT molecular complexity index is 927. The maximum absolute atomic E-state index is 12.7. The van der Waals surface area contributed by atoms with E-state index in [-0.39, 0.29) is 5.91 Å². The fourth-order valence-corrected chi connectivity index (χ4v) is 3.17. The number of hydrogen-bond acceptors (Lipinski definition) is 2. The molecule has 3 heteroatoms. The minimum Gasteiger partial charge on any atom is -0.352 e. The molecule has 1 amide bonds. The first-order chi connectivity index (χ1) is 11.9. The van der Waals surface area contributed by atoms with Crippen molar-refractivity contribution in [3.8, 4) is 0 Å². The van der Waals surface area contributed by atoms with Crippen LogP contribution in [-0.4, -0.2) is 17.4 Å². The lowest BCUT2D eigenvalue weighted by atomic mass is 10.0. The number of nitrogens with zero attached hydrogens (tertiary/aromatic N) is 1. The summed E-state index contributed by atoms with van der Waals surface area (Å²) in [6.07, 6.45) is 0.825. The van der Waals surface area contributed by atoms with E-state index < -0.39 is 0 Å². The second-order valence-corrected chi connectivity index (χ2v) is 6.78. The molecule has 1 N–H and O–H groups in total. The number of aryl methyl sites for hydroxylation is 4. The van der Waals surface area contributed by atoms with Gasteiger partial charge in [0.2, 0.25) is 0 Å². The van der Waals surface area contributed by atoms with E-state index >= 15 is 0 Å². The van der Waals surface area contributed by atoms with Crippen LogP contribution < -0.4 is 5.32 Å². The molecule has 0 fully saturated rings. The van der Waals surface area contributed by atoms with Crippen LogP contribution in [0.4, 0.5) is 0 Å². The Balaban J connectivity index is 1.81. The number of carbonyl (C=O) groups excluding carboxylic acids is 1. The number of fused-ring (bicyclic) bond motifs is 1. The average Bonchev–Trinajstić information content (AvgIpc) is 2.56. The molecule has 0 saturated heterocycles. The summed E-state index contributed by atoms with van der Waals surface area (Å²) in [6.45, 7) is 8.72. The van der Waals surface area contributed by atoms with E-state index in [0.717, 1.165) is 34.1 Å². The monoisotopic (exact) mass is 332 g/mol. The van der Waals surface area contributed by atoms with Gasteiger partial charge in [-0.2, -0.15) is 0 Å². The van der Waals surface area contributed by atoms with Crippen molar-refractivity contribution < 1.29 is 4.79 Å². The predicted octanol–water partition coefficient (Wildman–Crippen LogP) is 4.44. The van der Waals surface area contributed by atoms with E-state index in [0.29, 0.717) is 12.1 Å². The molecule has 0 aliphatic heterocycles. The third kappa shape index (κ3) is 3.87. The summed E-state index contributed by atoms with van der Waals surface area (Å²) < 4.78 is 0. The van der Waals surface area contributed by atoms with Crippen molar-refractivity contribution in [1.29, 1.82) is 0 Å². The number of carbonyl (C=O) groups is 1. The zero-order chi connectivity index (χ0) is 18.0. The first kappa shape index (κ1) is 17.2. The van der Waals surface area contributed by atoms with Gasteiger partial charge >= 0.3 is 0 Å². The van der Waals surface area contributed by atoms with Gasteiger partial charge in [0.25, 0.3) is 5.91 Å². The third-order valence-electron chi connectivity index (χ3n) is 4.44. The van der Waals surface area contributed by atoms with Gasteiger partial charge in [-0.05, 0) is 57.4 Å². The van der Waals surface area contributed by atoms with Crippen LogP contribution in [0.1, 0.15) is 38.3 Å². The molecule has 0 unspecified atom stereocenters. The maximum atomic E-state index is 12.7. The largest absolute Gasteiger partial charge is 0.352 e. The van der Waals surface area contributed by atoms with Crippen molar-refractivity contribution in [1.82, 2.24) is 10.3 Å². The van der Waals surface area contributed by atoms with E-state index in [1.165, 1.54) is 11.1 Å². The molecule has 1 aromatic heterocycles. The number of benzene rings is 2. The van der Waals surface area contributed by atoms with Gasteiger partial charge in [-0.3, -0.25) is 9.78 Å². The Labute approximate surface area is 149 Å². The highest BCUT2D eigenvalue weighted by Gasteiger charge is 2.13. The Hall–Kier alpha value is -2.68. The van der Waals surface area contributed by atoms with Crippen LogP contribution in [0.5, 0.6) is 0 Å². The lowest BCUT2D eigenvalue weighted by Crippen LogP contribution is -2.26. The summed E-state index contributed by atoms with van der Waals surface area (Å²) in [5, 5.41) is 3.98. The van der Waals surface area contributed by atoms with Crippen molar-refractivity contribution in [2.24, 2.45) is 0 Å². The van der Waals surface area contributed by atoms with Gasteiger partial charge in [-0.15, -0.1) is 0 Å². The molecule has 3 rings (SSSR count). The summed E-state index contributed by atoms with van der Waals surface area (Å²) in [4.78, 5) is 17.4. The molecule has 0 saturated carbocycles. The van der Waals surface area contributed by atoms with Gasteiger partial charge < -0.3 is 5.32 Å². The van der Waals surface area contributed by atoms with Gasteiger partial charge in [0, 0.05) is 17.6 Å². The van der Waals surface area contributed by atoms with Crippen LogP contribution in [0.3, 0.4) is 0 Å². The molecule has 25 heavy (non-hydrogen) atoms. The van der Waals surface area contributed by atoms with Crippen LogP contribution in [0.25, 0.3) is 10.9 Å². The fraction of sp³-hybridized carbons (Fsp3) is 0.273. The Morgan fingerprint density at radius 2 is 1.68 bits per heavy atom. The Kier molecular flexibility index (Phi) is 4.84. The Morgan fingerprint density at radius 3 is 2.40 bits per heavy atom. The van der Waals surface area contributed by atoms with Gasteiger partial charge in [-0.25, -0.2) is 0 Å². The number of aromatic nitrogens is 1. The molecule has 3 nitrogen and oxygen atoms in total. The average molecular weight is 332 g/mol. The van der Waals surface area contributed by atoms with Crippen LogP contribution in [0, 0.1) is 27.7 Å². The quantitative estimate of drug-likeness (QED) is 0.767. The molecular weight excluding hydrogens is 308 g/mol. The highest BCUT2D eigenvalue weighted by Crippen LogP contribution is 2.23. The number of nitrogens with one attached hydrogen (secondary N) is 1. The first-order valence-electron chi connectivity index (χ1n) is 8.66. The summed E-state index contributed by atoms with van der Waals surface area (Å²) >= 11 is 0. The molecular formula is C22H24N2O. The van der Waals surface area contributed by atoms with E-state index in [1.807, 2.05) is 32.9 Å². The molecule has 1 heterocycles. The molecule has 0 aliphatic carbocycles. The lowest BCUT2D eigenvalue weighted by Gasteiger charge is -2.11. The molecule has 0 bridgehead atoms. The minimum atomic E-state index is -0.0346. The number of pyridine rings is 1. The van der Waals surface area contributed by atoms with Crippen LogP contribution in [0.2, 0.25) is 0 Å². The van der Waals surface area contributed by atoms with Gasteiger partial charge in [0.15, 0.2) is 0 Å². The number of hydrogen-bond donors (Lipinski definition) is 1. The number of amides is 1. The summed E-state index contributed by atoms with van der Waals surface area (Å²) in [5.41, 5.74) is 7.21. The van der Waals surface area contributed by atoms with E-state index in [1.54, 1.807) is 0 Å². The standard InChI is InChI=1S/C22H24N2O/c1-14-5-7-18(8-6-14)9-10-23-22(25)20-13-17(4)24-21-16(3)11-15(2)12-19(20)21/h5-8,11-13H,9-10H2,1-4H3,(H,23,25). The van der Waals surface area contributed by atoms with E-state index in [9.17, 15) is 4.79 Å². The summed E-state index contributed by atoms with van der Waals surface area (Å²) in [7, 11) is 0. The molecule has 0 spiro atoms. The zero-order valence-corrected chi connectivity index (χ0v) is 15.3. The van der Waals surface area contributed by atoms with Crippen LogP contribution >= 0.6 is 0 Å². The van der Waals surface area contributed by atoms with Gasteiger partial charge in [0.05, 0.1) is 11.1 Å². The minimum absolute atomic E-state index is 0.0346. The van der Waals surface area contributed by atoms with Crippen LogP contribution in [0.15, 0.2) is 42.5 Å². The second-order valence-electron chi connectivity index (χ2n) is 6.78. The molecule has 128 valence electrons. The van der Waals surface area contributed by atoms with E-state index in [4.69, 9.17) is 0 Å².